The summed E-state index contributed by atoms with van der Waals surface area (Å²) >= 11 is 0. The highest BCUT2D eigenvalue weighted by atomic mass is 32.2. The minimum atomic E-state index is -4.52. The average Bonchev–Trinajstić information content (AvgIpc) is 3.71. The third-order valence-corrected chi connectivity index (χ3v) is 10.1. The Labute approximate surface area is 218 Å². The second-order valence-corrected chi connectivity index (χ2v) is 14.6. The molecule has 1 N–H and O–H groups in total. The molecule has 1 aromatic rings. The van der Waals surface area contributed by atoms with E-state index in [0.29, 0.717) is 19.1 Å². The van der Waals surface area contributed by atoms with E-state index in [1.54, 1.807) is 0 Å². The molecular formula is C27H38F3N3O3S. The fraction of sp³-hybridized carbons (Fsp3) is 0.741. The summed E-state index contributed by atoms with van der Waals surface area (Å²) in [6, 6.07) is 4.13. The van der Waals surface area contributed by atoms with E-state index in [0.717, 1.165) is 69.2 Å². The van der Waals surface area contributed by atoms with Crippen LogP contribution < -0.4 is 5.32 Å². The van der Waals surface area contributed by atoms with Crippen LogP contribution in [0.4, 0.5) is 13.2 Å². The van der Waals surface area contributed by atoms with Gasteiger partial charge in [0.25, 0.3) is 0 Å². The van der Waals surface area contributed by atoms with Crippen molar-refractivity contribution < 1.29 is 26.4 Å². The lowest BCUT2D eigenvalue weighted by Gasteiger charge is -2.37. The van der Waals surface area contributed by atoms with Crippen LogP contribution in [0.2, 0.25) is 0 Å². The van der Waals surface area contributed by atoms with Crippen molar-refractivity contribution in [3.63, 3.8) is 0 Å². The minimum absolute atomic E-state index is 0.00118. The predicted molar refractivity (Wildman–Crippen MR) is 134 cm³/mol. The van der Waals surface area contributed by atoms with Gasteiger partial charge in [-0.25, -0.2) is 8.42 Å². The smallest absolute Gasteiger partial charge is 0.335 e. The molecule has 6 nitrogen and oxygen atoms in total. The van der Waals surface area contributed by atoms with Gasteiger partial charge in [0.15, 0.2) is 0 Å². The lowest BCUT2D eigenvalue weighted by atomic mass is 9.87. The van der Waals surface area contributed by atoms with Crippen molar-refractivity contribution in [2.75, 3.05) is 13.1 Å². The van der Waals surface area contributed by atoms with Crippen molar-refractivity contribution in [1.82, 2.24) is 14.5 Å². The number of sulfonamides is 1. The zero-order valence-electron chi connectivity index (χ0n) is 21.8. The van der Waals surface area contributed by atoms with E-state index in [4.69, 9.17) is 0 Å². The van der Waals surface area contributed by atoms with Gasteiger partial charge in [-0.2, -0.15) is 17.5 Å². The van der Waals surface area contributed by atoms with Gasteiger partial charge in [0.1, 0.15) is 0 Å². The molecule has 0 aromatic heterocycles. The molecule has 0 radical (unpaired) electrons. The van der Waals surface area contributed by atoms with Crippen LogP contribution in [0.1, 0.15) is 71.3 Å². The van der Waals surface area contributed by atoms with Crippen molar-refractivity contribution in [1.29, 1.82) is 0 Å². The lowest BCUT2D eigenvalue weighted by Crippen LogP contribution is -2.54. The molecule has 4 aliphatic rings. The molecule has 1 aliphatic heterocycles. The first kappa shape index (κ1) is 26.9. The quantitative estimate of drug-likeness (QED) is 0.520. The summed E-state index contributed by atoms with van der Waals surface area (Å²) in [5.74, 6) is 0.352. The second-order valence-electron chi connectivity index (χ2n) is 12.6. The Bertz CT molecular complexity index is 1110. The third kappa shape index (κ3) is 5.86. The zero-order chi connectivity index (χ0) is 26.8. The number of nitrogens with one attached hydrogen (secondary N) is 1. The number of halogens is 3. The Kier molecular flexibility index (Phi) is 6.93. The van der Waals surface area contributed by atoms with Crippen LogP contribution in [-0.4, -0.2) is 60.8 Å². The van der Waals surface area contributed by atoms with Gasteiger partial charge in [-0.3, -0.25) is 4.79 Å². The van der Waals surface area contributed by atoms with Gasteiger partial charge < -0.3 is 10.2 Å². The average molecular weight is 542 g/mol. The highest BCUT2D eigenvalue weighted by Gasteiger charge is 2.52. The standard InChI is InChI=1S/C27H38F3N3O3S/c1-26(2,3)14-23(31-19-7-8-19)25(34)33(20-9-10-20)24-13-4-17-15-32(16-22(17)24)37(35,36)21-11-5-18(6-12-21)27(28,29)30/h5-6,11-12,17,19-20,22-24,31H,4,7-10,13-16H2,1-3H3/t17-,22+,23+,24+/m1/s1. The minimum Gasteiger partial charge on any atom is -0.335 e. The van der Waals surface area contributed by atoms with E-state index < -0.39 is 21.8 Å². The maximum absolute atomic E-state index is 14.0. The second kappa shape index (κ2) is 9.52. The summed E-state index contributed by atoms with van der Waals surface area (Å²) in [5.41, 5.74) is -0.872. The fourth-order valence-corrected chi connectivity index (χ4v) is 7.75. The molecule has 1 heterocycles. The number of alkyl halides is 3. The molecule has 3 saturated carbocycles. The topological polar surface area (TPSA) is 69.7 Å². The number of nitrogens with zero attached hydrogens (tertiary/aromatic N) is 2. The van der Waals surface area contributed by atoms with Crippen molar-refractivity contribution in [3.05, 3.63) is 29.8 Å². The molecule has 5 rings (SSSR count). The lowest BCUT2D eigenvalue weighted by molar-refractivity contribution is -0.138. The Morgan fingerprint density at radius 3 is 2.22 bits per heavy atom. The molecule has 3 aliphatic carbocycles. The molecular weight excluding hydrogens is 503 g/mol. The van der Waals surface area contributed by atoms with Crippen LogP contribution >= 0.6 is 0 Å². The van der Waals surface area contributed by atoms with Gasteiger partial charge in [-0.1, -0.05) is 20.8 Å². The van der Waals surface area contributed by atoms with E-state index in [-0.39, 0.29) is 46.2 Å². The predicted octanol–water partition coefficient (Wildman–Crippen LogP) is 4.65. The van der Waals surface area contributed by atoms with Gasteiger partial charge in [0.05, 0.1) is 16.5 Å². The van der Waals surface area contributed by atoms with Gasteiger partial charge >= 0.3 is 6.18 Å². The van der Waals surface area contributed by atoms with E-state index >= 15 is 0 Å². The molecule has 4 atom stereocenters. The van der Waals surface area contributed by atoms with Gasteiger partial charge in [-0.15, -0.1) is 0 Å². The maximum atomic E-state index is 14.0. The number of amides is 1. The highest BCUT2D eigenvalue weighted by molar-refractivity contribution is 7.89. The van der Waals surface area contributed by atoms with Crippen LogP contribution in [0.25, 0.3) is 0 Å². The van der Waals surface area contributed by atoms with E-state index in [9.17, 15) is 26.4 Å². The van der Waals surface area contributed by atoms with Gasteiger partial charge in [0, 0.05) is 31.2 Å². The monoisotopic (exact) mass is 541 g/mol. The molecule has 0 unspecified atom stereocenters. The largest absolute Gasteiger partial charge is 0.416 e. The Morgan fingerprint density at radius 2 is 1.68 bits per heavy atom. The summed E-state index contributed by atoms with van der Waals surface area (Å²) in [6.45, 7) is 7.10. The number of fused-ring (bicyclic) bond motifs is 1. The summed E-state index contributed by atoms with van der Waals surface area (Å²) in [6.07, 6.45) is 2.13. The zero-order valence-corrected chi connectivity index (χ0v) is 22.6. The Hall–Kier alpha value is -1.65. The molecule has 0 spiro atoms. The Morgan fingerprint density at radius 1 is 1.03 bits per heavy atom. The number of benzene rings is 1. The van der Waals surface area contributed by atoms with Gasteiger partial charge in [-0.05, 0) is 86.5 Å². The number of hydrogen-bond acceptors (Lipinski definition) is 4. The van der Waals surface area contributed by atoms with E-state index in [1.165, 1.54) is 4.31 Å². The van der Waals surface area contributed by atoms with Crippen molar-refractivity contribution in [2.45, 2.75) is 101 Å². The molecule has 4 fully saturated rings. The molecule has 1 saturated heterocycles. The van der Waals surface area contributed by atoms with Crippen LogP contribution in [0.15, 0.2) is 29.2 Å². The summed E-state index contributed by atoms with van der Waals surface area (Å²) in [7, 11) is -3.91. The molecule has 37 heavy (non-hydrogen) atoms. The van der Waals surface area contributed by atoms with Crippen molar-refractivity contribution >= 4 is 15.9 Å². The normalized spacial score (nSPS) is 27.8. The van der Waals surface area contributed by atoms with Crippen molar-refractivity contribution in [3.8, 4) is 0 Å². The van der Waals surface area contributed by atoms with E-state index in [1.807, 2.05) is 0 Å². The molecule has 206 valence electrons. The van der Waals surface area contributed by atoms with Crippen LogP contribution in [0.3, 0.4) is 0 Å². The molecule has 1 aromatic carbocycles. The first-order valence-electron chi connectivity index (χ1n) is 13.5. The first-order chi connectivity index (χ1) is 17.2. The fourth-order valence-electron chi connectivity index (χ4n) is 6.21. The van der Waals surface area contributed by atoms with Crippen LogP contribution in [0.5, 0.6) is 0 Å². The third-order valence-electron chi connectivity index (χ3n) is 8.29. The van der Waals surface area contributed by atoms with Crippen molar-refractivity contribution in [2.24, 2.45) is 17.3 Å². The number of hydrogen-bond donors (Lipinski definition) is 1. The SMILES string of the molecule is CC(C)(C)C[C@H](NC1CC1)C(=O)N(C1CC1)[C@H]1CC[C@@H]2CN(S(=O)(=O)c3ccc(C(F)(F)F)cc3)C[C@@H]21. The van der Waals surface area contributed by atoms with Gasteiger partial charge in [0.2, 0.25) is 15.9 Å². The number of carbonyl (C=O) groups excluding carboxylic acids is 1. The number of carbonyl (C=O) groups is 1. The van der Waals surface area contributed by atoms with Crippen LogP contribution in [0, 0.1) is 17.3 Å². The summed E-state index contributed by atoms with van der Waals surface area (Å²) < 4.78 is 66.9. The number of rotatable bonds is 8. The van der Waals surface area contributed by atoms with Crippen LogP contribution in [-0.2, 0) is 21.0 Å². The molecule has 10 heteroatoms. The molecule has 0 bridgehead atoms. The first-order valence-corrected chi connectivity index (χ1v) is 14.9. The summed E-state index contributed by atoms with van der Waals surface area (Å²) in [4.78, 5) is 16.0. The molecule has 1 amide bonds. The van der Waals surface area contributed by atoms with E-state index in [2.05, 4.69) is 31.0 Å². The maximum Gasteiger partial charge on any atom is 0.416 e. The summed E-state index contributed by atoms with van der Waals surface area (Å²) in [5, 5.41) is 3.59. The Balaban J connectivity index is 1.33. The highest BCUT2D eigenvalue weighted by Crippen LogP contribution is 2.46.